The van der Waals surface area contributed by atoms with Crippen molar-refractivity contribution in [2.45, 2.75) is 39.2 Å². The topological polar surface area (TPSA) is 86.1 Å². The molecule has 1 heterocycles. The number of carbonyl (C=O) groups is 1. The number of nitrogen functional groups attached to an aromatic ring is 1. The smallest absolute Gasteiger partial charge is 0.407 e. The Morgan fingerprint density at radius 2 is 1.97 bits per heavy atom. The SMILES string of the molecule is COc1cc(F)ccc1Oc1ccc(N)c(N2CCC[C@@H](CNC(=O)OC(C)(C)C)C2)c1Cl. The van der Waals surface area contributed by atoms with Crippen LogP contribution in [0, 0.1) is 11.7 Å². The summed E-state index contributed by atoms with van der Waals surface area (Å²) in [6.45, 7) is 7.42. The minimum Gasteiger partial charge on any atom is -0.493 e. The number of anilines is 2. The van der Waals surface area contributed by atoms with Crippen LogP contribution >= 0.6 is 11.6 Å². The van der Waals surface area contributed by atoms with Crippen molar-refractivity contribution in [3.63, 3.8) is 0 Å². The van der Waals surface area contributed by atoms with Crippen LogP contribution in [-0.4, -0.2) is 38.4 Å². The molecule has 1 aliphatic rings. The molecule has 0 aromatic heterocycles. The number of carbonyl (C=O) groups excluding carboxylic acids is 1. The van der Waals surface area contributed by atoms with Crippen LogP contribution in [0.25, 0.3) is 0 Å². The van der Waals surface area contributed by atoms with Crippen LogP contribution < -0.4 is 25.4 Å². The van der Waals surface area contributed by atoms with Gasteiger partial charge in [0.05, 0.1) is 18.5 Å². The van der Waals surface area contributed by atoms with Crippen molar-refractivity contribution < 1.29 is 23.4 Å². The van der Waals surface area contributed by atoms with E-state index < -0.39 is 17.5 Å². The molecule has 9 heteroatoms. The van der Waals surface area contributed by atoms with E-state index in [1.807, 2.05) is 20.8 Å². The number of hydrogen-bond donors (Lipinski definition) is 2. The summed E-state index contributed by atoms with van der Waals surface area (Å²) in [5.74, 6) is 0.774. The molecule has 33 heavy (non-hydrogen) atoms. The number of hydrogen-bond acceptors (Lipinski definition) is 6. The van der Waals surface area contributed by atoms with Gasteiger partial charge in [0, 0.05) is 25.7 Å². The predicted octanol–water partition coefficient (Wildman–Crippen LogP) is 5.60. The monoisotopic (exact) mass is 479 g/mol. The van der Waals surface area contributed by atoms with Gasteiger partial charge in [-0.15, -0.1) is 0 Å². The molecule has 1 saturated heterocycles. The minimum absolute atomic E-state index is 0.212. The quantitative estimate of drug-likeness (QED) is 0.524. The fourth-order valence-electron chi connectivity index (χ4n) is 3.78. The van der Waals surface area contributed by atoms with Crippen LogP contribution in [0.5, 0.6) is 17.2 Å². The molecule has 0 aliphatic carbocycles. The number of alkyl carbamates (subject to hydrolysis) is 1. The van der Waals surface area contributed by atoms with Gasteiger partial charge in [-0.1, -0.05) is 11.6 Å². The van der Waals surface area contributed by atoms with Crippen LogP contribution in [0.1, 0.15) is 33.6 Å². The Morgan fingerprint density at radius 1 is 1.24 bits per heavy atom. The molecule has 0 unspecified atom stereocenters. The molecule has 3 rings (SSSR count). The number of halogens is 2. The first-order chi connectivity index (χ1) is 15.6. The third-order valence-electron chi connectivity index (χ3n) is 5.23. The lowest BCUT2D eigenvalue weighted by Crippen LogP contribution is -2.42. The Kier molecular flexibility index (Phi) is 7.79. The van der Waals surface area contributed by atoms with E-state index in [0.717, 1.165) is 19.4 Å². The fraction of sp³-hybridized carbons (Fsp3) is 0.458. The second-order valence-corrected chi connectivity index (χ2v) is 9.43. The van der Waals surface area contributed by atoms with Gasteiger partial charge >= 0.3 is 6.09 Å². The second-order valence-electron chi connectivity index (χ2n) is 9.05. The average molecular weight is 480 g/mol. The van der Waals surface area contributed by atoms with Gasteiger partial charge in [-0.25, -0.2) is 9.18 Å². The zero-order valence-electron chi connectivity index (χ0n) is 19.4. The molecule has 0 bridgehead atoms. The second kappa shape index (κ2) is 10.4. The molecule has 1 atom stereocenters. The van der Waals surface area contributed by atoms with Gasteiger partial charge < -0.3 is 30.2 Å². The molecule has 1 amide bonds. The standard InChI is InChI=1S/C24H31ClFN3O4/c1-24(2,3)33-23(30)28-13-15-6-5-11-29(14-15)22-17(27)8-10-19(21(22)25)32-18-9-7-16(26)12-20(18)31-4/h7-10,12,15H,5-6,11,13-14,27H2,1-4H3,(H,28,30)/t15-/m0/s1. The summed E-state index contributed by atoms with van der Waals surface area (Å²) in [5.41, 5.74) is 6.94. The summed E-state index contributed by atoms with van der Waals surface area (Å²) in [6.07, 6.45) is 1.46. The van der Waals surface area contributed by atoms with E-state index in [-0.39, 0.29) is 11.7 Å². The molecule has 0 radical (unpaired) electrons. The molecular weight excluding hydrogens is 449 g/mol. The molecule has 0 spiro atoms. The number of nitrogens with two attached hydrogens (primary N) is 1. The lowest BCUT2D eigenvalue weighted by molar-refractivity contribution is 0.0517. The van der Waals surface area contributed by atoms with Gasteiger partial charge in [0.15, 0.2) is 11.5 Å². The third kappa shape index (κ3) is 6.57. The zero-order valence-corrected chi connectivity index (χ0v) is 20.2. The van der Waals surface area contributed by atoms with Crippen LogP contribution in [0.3, 0.4) is 0 Å². The Balaban J connectivity index is 1.74. The predicted molar refractivity (Wildman–Crippen MR) is 128 cm³/mol. The number of amides is 1. The van der Waals surface area contributed by atoms with Gasteiger partial charge in [-0.2, -0.15) is 0 Å². The van der Waals surface area contributed by atoms with Gasteiger partial charge in [0.1, 0.15) is 22.2 Å². The van der Waals surface area contributed by atoms with Crippen molar-refractivity contribution in [3.8, 4) is 17.2 Å². The number of piperidine rings is 1. The van der Waals surface area contributed by atoms with Gasteiger partial charge in [-0.05, 0) is 63.8 Å². The lowest BCUT2D eigenvalue weighted by Gasteiger charge is -2.36. The van der Waals surface area contributed by atoms with Crippen LogP contribution in [0.2, 0.25) is 5.02 Å². The highest BCUT2D eigenvalue weighted by molar-refractivity contribution is 6.35. The normalized spacial score (nSPS) is 16.3. The Bertz CT molecular complexity index is 996. The Morgan fingerprint density at radius 3 is 2.67 bits per heavy atom. The number of nitrogens with one attached hydrogen (secondary N) is 1. The Hall–Kier alpha value is -2.87. The average Bonchev–Trinajstić information content (AvgIpc) is 2.74. The van der Waals surface area contributed by atoms with E-state index in [1.165, 1.54) is 25.3 Å². The summed E-state index contributed by atoms with van der Waals surface area (Å²) in [5, 5.41) is 3.21. The maximum absolute atomic E-state index is 13.5. The number of nitrogens with zero attached hydrogens (tertiary/aromatic N) is 1. The molecule has 2 aromatic carbocycles. The van der Waals surface area contributed by atoms with E-state index in [4.69, 9.17) is 31.5 Å². The molecule has 2 aromatic rings. The zero-order chi connectivity index (χ0) is 24.2. The van der Waals surface area contributed by atoms with E-state index >= 15 is 0 Å². The number of ether oxygens (including phenoxy) is 3. The maximum atomic E-state index is 13.5. The van der Waals surface area contributed by atoms with E-state index in [1.54, 1.807) is 12.1 Å². The largest absolute Gasteiger partial charge is 0.493 e. The fourth-order valence-corrected chi connectivity index (χ4v) is 4.11. The van der Waals surface area contributed by atoms with Crippen molar-refractivity contribution in [2.24, 2.45) is 5.92 Å². The van der Waals surface area contributed by atoms with Crippen LogP contribution in [-0.2, 0) is 4.74 Å². The van der Waals surface area contributed by atoms with Gasteiger partial charge in [0.2, 0.25) is 0 Å². The summed E-state index contributed by atoms with van der Waals surface area (Å²) < 4.78 is 30.0. The van der Waals surface area contributed by atoms with Gasteiger partial charge in [-0.3, -0.25) is 0 Å². The number of rotatable bonds is 6. The number of methoxy groups -OCH3 is 1. The van der Waals surface area contributed by atoms with Crippen molar-refractivity contribution in [1.82, 2.24) is 5.32 Å². The third-order valence-corrected chi connectivity index (χ3v) is 5.59. The van der Waals surface area contributed by atoms with Gasteiger partial charge in [0.25, 0.3) is 0 Å². The molecule has 180 valence electrons. The van der Waals surface area contributed by atoms with E-state index in [9.17, 15) is 9.18 Å². The number of benzene rings is 2. The molecule has 1 aliphatic heterocycles. The van der Waals surface area contributed by atoms with Crippen molar-refractivity contribution in [1.29, 1.82) is 0 Å². The van der Waals surface area contributed by atoms with Crippen LogP contribution in [0.4, 0.5) is 20.6 Å². The van der Waals surface area contributed by atoms with Crippen molar-refractivity contribution >= 4 is 29.1 Å². The Labute approximate surface area is 198 Å². The highest BCUT2D eigenvalue weighted by Crippen LogP contribution is 2.43. The first kappa shape index (κ1) is 24.8. The van der Waals surface area contributed by atoms with Crippen molar-refractivity contribution in [2.75, 3.05) is 37.4 Å². The highest BCUT2D eigenvalue weighted by Gasteiger charge is 2.26. The summed E-state index contributed by atoms with van der Waals surface area (Å²) in [7, 11) is 1.44. The molecule has 3 N–H and O–H groups in total. The molecule has 1 fully saturated rings. The first-order valence-electron chi connectivity index (χ1n) is 10.9. The highest BCUT2D eigenvalue weighted by atomic mass is 35.5. The summed E-state index contributed by atoms with van der Waals surface area (Å²) >= 11 is 6.72. The minimum atomic E-state index is -0.543. The molecule has 0 saturated carbocycles. The van der Waals surface area contributed by atoms with Crippen molar-refractivity contribution in [3.05, 3.63) is 41.2 Å². The summed E-state index contributed by atoms with van der Waals surface area (Å²) in [4.78, 5) is 14.1. The first-order valence-corrected chi connectivity index (χ1v) is 11.3. The summed E-state index contributed by atoms with van der Waals surface area (Å²) in [6, 6.07) is 7.43. The van der Waals surface area contributed by atoms with E-state index in [0.29, 0.717) is 41.0 Å². The maximum Gasteiger partial charge on any atom is 0.407 e. The van der Waals surface area contributed by atoms with E-state index in [2.05, 4.69) is 10.2 Å². The van der Waals surface area contributed by atoms with Crippen LogP contribution in [0.15, 0.2) is 30.3 Å². The lowest BCUT2D eigenvalue weighted by atomic mass is 9.97. The molecular formula is C24H31ClFN3O4. The molecule has 7 nitrogen and oxygen atoms in total.